The lowest BCUT2D eigenvalue weighted by Crippen LogP contribution is -2.13. The number of halogens is 1. The van der Waals surface area contributed by atoms with Gasteiger partial charge in [-0.15, -0.1) is 0 Å². The number of hydroxylamine groups is 1. The number of nitrogens with zero attached hydrogens (tertiary/aromatic N) is 1. The Bertz CT molecular complexity index is 517. The highest BCUT2D eigenvalue weighted by Gasteiger charge is 2.10. The summed E-state index contributed by atoms with van der Waals surface area (Å²) in [4.78, 5) is 11.5. The smallest absolute Gasteiger partial charge is 0.187 e. The molecule has 0 aliphatic heterocycles. The Morgan fingerprint density at radius 1 is 1.18 bits per heavy atom. The minimum Gasteiger partial charge on any atom is -0.289 e. The van der Waals surface area contributed by atoms with Crippen LogP contribution in [0.1, 0.15) is 0 Å². The quantitative estimate of drug-likeness (QED) is 0.672. The monoisotopic (exact) mass is 291 g/mol. The Morgan fingerprint density at radius 2 is 1.88 bits per heavy atom. The molecule has 0 atom stereocenters. The van der Waals surface area contributed by atoms with Crippen LogP contribution in [0.25, 0.3) is 0 Å². The SMILES string of the molecule is O=C1C=CC(Br)=CC1=CN(O)c1ccccc1. The van der Waals surface area contributed by atoms with Gasteiger partial charge in [0, 0.05) is 16.3 Å². The Labute approximate surface area is 107 Å². The van der Waals surface area contributed by atoms with E-state index in [0.29, 0.717) is 11.3 Å². The molecule has 0 saturated heterocycles. The summed E-state index contributed by atoms with van der Waals surface area (Å²) in [6, 6.07) is 8.98. The zero-order valence-corrected chi connectivity index (χ0v) is 10.5. The molecule has 0 aromatic heterocycles. The van der Waals surface area contributed by atoms with E-state index in [9.17, 15) is 10.0 Å². The van der Waals surface area contributed by atoms with E-state index in [2.05, 4.69) is 15.9 Å². The first kappa shape index (κ1) is 11.8. The second-order valence-electron chi connectivity index (χ2n) is 3.49. The van der Waals surface area contributed by atoms with Crippen molar-refractivity contribution >= 4 is 27.4 Å². The average Bonchev–Trinajstić information content (AvgIpc) is 2.35. The van der Waals surface area contributed by atoms with E-state index in [-0.39, 0.29) is 5.78 Å². The number of carbonyl (C=O) groups is 1. The summed E-state index contributed by atoms with van der Waals surface area (Å²) in [7, 11) is 0. The molecule has 0 fully saturated rings. The molecular weight excluding hydrogens is 282 g/mol. The lowest BCUT2D eigenvalue weighted by atomic mass is 10.1. The van der Waals surface area contributed by atoms with Crippen LogP contribution in [0.5, 0.6) is 0 Å². The Balaban J connectivity index is 2.26. The van der Waals surface area contributed by atoms with Crippen molar-refractivity contribution in [1.29, 1.82) is 0 Å². The van der Waals surface area contributed by atoms with Gasteiger partial charge in [0.25, 0.3) is 0 Å². The van der Waals surface area contributed by atoms with E-state index in [1.54, 1.807) is 24.3 Å². The first-order chi connectivity index (χ1) is 8.16. The Hall–Kier alpha value is -1.65. The lowest BCUT2D eigenvalue weighted by Gasteiger charge is -2.13. The molecular formula is C13H10BrNO2. The third kappa shape index (κ3) is 2.93. The van der Waals surface area contributed by atoms with Crippen LogP contribution in [0, 0.1) is 0 Å². The van der Waals surface area contributed by atoms with Gasteiger partial charge in [-0.05, 0) is 30.4 Å². The van der Waals surface area contributed by atoms with Crippen LogP contribution >= 0.6 is 15.9 Å². The van der Waals surface area contributed by atoms with Crippen LogP contribution in [-0.4, -0.2) is 11.0 Å². The molecule has 0 saturated carbocycles. The predicted octanol–water partition coefficient (Wildman–Crippen LogP) is 3.18. The highest BCUT2D eigenvalue weighted by Crippen LogP contribution is 2.19. The number of carbonyl (C=O) groups excluding carboxylic acids is 1. The van der Waals surface area contributed by atoms with Gasteiger partial charge < -0.3 is 0 Å². The van der Waals surface area contributed by atoms with Gasteiger partial charge in [0.2, 0.25) is 0 Å². The second kappa shape index (κ2) is 5.12. The van der Waals surface area contributed by atoms with E-state index in [0.717, 1.165) is 9.55 Å². The first-order valence-electron chi connectivity index (χ1n) is 5.01. The molecule has 4 heteroatoms. The van der Waals surface area contributed by atoms with Gasteiger partial charge in [-0.1, -0.05) is 34.1 Å². The fourth-order valence-corrected chi connectivity index (χ4v) is 1.79. The predicted molar refractivity (Wildman–Crippen MR) is 69.9 cm³/mol. The number of allylic oxidation sites excluding steroid dienone is 5. The van der Waals surface area contributed by atoms with E-state index in [4.69, 9.17) is 0 Å². The minimum absolute atomic E-state index is 0.136. The maximum absolute atomic E-state index is 11.5. The summed E-state index contributed by atoms with van der Waals surface area (Å²) in [6.45, 7) is 0. The minimum atomic E-state index is -0.136. The Morgan fingerprint density at radius 3 is 2.59 bits per heavy atom. The molecule has 1 aromatic rings. The largest absolute Gasteiger partial charge is 0.289 e. The molecule has 3 nitrogen and oxygen atoms in total. The van der Waals surface area contributed by atoms with Crippen LogP contribution in [0.4, 0.5) is 5.69 Å². The second-order valence-corrected chi connectivity index (χ2v) is 4.41. The zero-order chi connectivity index (χ0) is 12.3. The summed E-state index contributed by atoms with van der Waals surface area (Å²) in [5.74, 6) is -0.136. The molecule has 17 heavy (non-hydrogen) atoms. The highest BCUT2D eigenvalue weighted by molar-refractivity contribution is 9.11. The van der Waals surface area contributed by atoms with Gasteiger partial charge >= 0.3 is 0 Å². The van der Waals surface area contributed by atoms with Gasteiger partial charge in [0.05, 0.1) is 5.69 Å². The van der Waals surface area contributed by atoms with E-state index < -0.39 is 0 Å². The molecule has 2 rings (SSSR count). The number of anilines is 1. The highest BCUT2D eigenvalue weighted by atomic mass is 79.9. The number of ketones is 1. The maximum Gasteiger partial charge on any atom is 0.187 e. The lowest BCUT2D eigenvalue weighted by molar-refractivity contribution is -0.111. The summed E-state index contributed by atoms with van der Waals surface area (Å²) >= 11 is 3.28. The normalized spacial score (nSPS) is 17.2. The van der Waals surface area contributed by atoms with Crippen LogP contribution in [-0.2, 0) is 4.79 Å². The van der Waals surface area contributed by atoms with Gasteiger partial charge in [0.1, 0.15) is 0 Å². The fourth-order valence-electron chi connectivity index (χ4n) is 1.41. The standard InChI is InChI=1S/C13H10BrNO2/c14-11-6-7-13(16)10(8-11)9-15(17)12-4-2-1-3-5-12/h1-9,17H. The first-order valence-corrected chi connectivity index (χ1v) is 5.81. The molecule has 0 spiro atoms. The van der Waals surface area contributed by atoms with Gasteiger partial charge in [-0.25, -0.2) is 5.06 Å². The Kier molecular flexibility index (Phi) is 3.56. The van der Waals surface area contributed by atoms with Crippen LogP contribution in [0.3, 0.4) is 0 Å². The molecule has 1 aliphatic carbocycles. The van der Waals surface area contributed by atoms with Gasteiger partial charge in [-0.3, -0.25) is 10.0 Å². The molecule has 86 valence electrons. The number of rotatable bonds is 2. The summed E-state index contributed by atoms with van der Waals surface area (Å²) in [5, 5.41) is 10.7. The zero-order valence-electron chi connectivity index (χ0n) is 8.88. The number of hydrogen-bond donors (Lipinski definition) is 1. The third-order valence-electron chi connectivity index (χ3n) is 2.25. The van der Waals surface area contributed by atoms with Crippen molar-refractivity contribution in [2.75, 3.05) is 5.06 Å². The molecule has 0 amide bonds. The molecule has 0 heterocycles. The molecule has 1 aliphatic rings. The van der Waals surface area contributed by atoms with Crippen molar-refractivity contribution in [3.8, 4) is 0 Å². The van der Waals surface area contributed by atoms with Gasteiger partial charge in [0.15, 0.2) is 5.78 Å². The van der Waals surface area contributed by atoms with Crippen molar-refractivity contribution in [2.24, 2.45) is 0 Å². The van der Waals surface area contributed by atoms with Crippen LogP contribution in [0.15, 0.2) is 64.8 Å². The van der Waals surface area contributed by atoms with E-state index in [1.807, 2.05) is 18.2 Å². The fraction of sp³-hybridized carbons (Fsp3) is 0. The molecule has 1 N–H and O–H groups in total. The molecule has 0 unspecified atom stereocenters. The molecule has 0 radical (unpaired) electrons. The summed E-state index contributed by atoms with van der Waals surface area (Å²) < 4.78 is 0.796. The molecule has 0 bridgehead atoms. The average molecular weight is 292 g/mol. The third-order valence-corrected chi connectivity index (χ3v) is 2.75. The van der Waals surface area contributed by atoms with E-state index >= 15 is 0 Å². The van der Waals surface area contributed by atoms with Crippen LogP contribution in [0.2, 0.25) is 0 Å². The van der Waals surface area contributed by atoms with E-state index in [1.165, 1.54) is 12.3 Å². The maximum atomic E-state index is 11.5. The van der Waals surface area contributed by atoms with Crippen LogP contribution < -0.4 is 5.06 Å². The summed E-state index contributed by atoms with van der Waals surface area (Å²) in [6.07, 6.45) is 6.18. The van der Waals surface area contributed by atoms with Crippen molar-refractivity contribution in [2.45, 2.75) is 0 Å². The van der Waals surface area contributed by atoms with Crippen molar-refractivity contribution in [3.05, 3.63) is 64.8 Å². The number of hydrogen-bond acceptors (Lipinski definition) is 3. The summed E-state index contributed by atoms with van der Waals surface area (Å²) in [5.41, 5.74) is 1.03. The topological polar surface area (TPSA) is 40.5 Å². The number of benzene rings is 1. The van der Waals surface area contributed by atoms with Crippen molar-refractivity contribution < 1.29 is 10.0 Å². The number of para-hydroxylation sites is 1. The molecule has 1 aromatic carbocycles. The van der Waals surface area contributed by atoms with Crippen molar-refractivity contribution in [3.63, 3.8) is 0 Å². The van der Waals surface area contributed by atoms with Crippen molar-refractivity contribution in [1.82, 2.24) is 0 Å². The van der Waals surface area contributed by atoms with Gasteiger partial charge in [-0.2, -0.15) is 0 Å².